The molecule has 3 atom stereocenters. The maximum absolute atomic E-state index is 11.7. The third-order valence-corrected chi connectivity index (χ3v) is 6.28. The van der Waals surface area contributed by atoms with E-state index in [9.17, 15) is 4.79 Å². The molecular weight excluding hydrogens is 230 g/mol. The molecule has 0 N–H and O–H groups in total. The number of nitrogens with zero attached hydrogens (tertiary/aromatic N) is 1. The third kappa shape index (κ3) is 2.41. The van der Waals surface area contributed by atoms with Gasteiger partial charge in [0.2, 0.25) is 0 Å². The van der Waals surface area contributed by atoms with Crippen molar-refractivity contribution in [3.8, 4) is 0 Å². The summed E-state index contributed by atoms with van der Waals surface area (Å²) < 4.78 is 0.466. The number of hydrogen-bond donors (Lipinski definition) is 0. The van der Waals surface area contributed by atoms with Crippen LogP contribution in [-0.2, 0) is 4.79 Å². The molecule has 0 aromatic carbocycles. The van der Waals surface area contributed by atoms with Gasteiger partial charge < -0.3 is 0 Å². The highest BCUT2D eigenvalue weighted by Gasteiger charge is 2.41. The van der Waals surface area contributed by atoms with E-state index in [-0.39, 0.29) is 0 Å². The molecule has 3 heteroatoms. The quantitative estimate of drug-likeness (QED) is 0.755. The minimum atomic E-state index is 0.466. The molecule has 96 valence electrons. The van der Waals surface area contributed by atoms with E-state index < -0.39 is 0 Å². The van der Waals surface area contributed by atoms with Crippen molar-refractivity contribution in [2.24, 2.45) is 0 Å². The SMILES string of the molecule is CC1(CN2C3CCCC2CC(=O)C3)CCCS1. The zero-order chi connectivity index (χ0) is 11.9. The maximum Gasteiger partial charge on any atom is 0.136 e. The molecule has 0 spiro atoms. The summed E-state index contributed by atoms with van der Waals surface area (Å²) in [6, 6.07) is 1.15. The molecule has 0 amide bonds. The van der Waals surface area contributed by atoms with Crippen molar-refractivity contribution in [1.29, 1.82) is 0 Å². The Bertz CT molecular complexity index is 295. The van der Waals surface area contributed by atoms with Crippen LogP contribution in [0.1, 0.15) is 51.9 Å². The third-order valence-electron chi connectivity index (χ3n) is 4.76. The Morgan fingerprint density at radius 1 is 1.29 bits per heavy atom. The highest BCUT2D eigenvalue weighted by Crippen LogP contribution is 2.42. The van der Waals surface area contributed by atoms with Crippen LogP contribution < -0.4 is 0 Å². The molecule has 3 unspecified atom stereocenters. The first-order valence-electron chi connectivity index (χ1n) is 7.08. The summed E-state index contributed by atoms with van der Waals surface area (Å²) >= 11 is 2.15. The highest BCUT2D eigenvalue weighted by atomic mass is 32.2. The highest BCUT2D eigenvalue weighted by molar-refractivity contribution is 8.00. The van der Waals surface area contributed by atoms with Crippen molar-refractivity contribution in [2.75, 3.05) is 12.3 Å². The van der Waals surface area contributed by atoms with Crippen LogP contribution in [0.3, 0.4) is 0 Å². The fourth-order valence-corrected chi connectivity index (χ4v) is 5.18. The van der Waals surface area contributed by atoms with Crippen molar-refractivity contribution in [3.05, 3.63) is 0 Å². The number of rotatable bonds is 2. The minimum absolute atomic E-state index is 0.466. The van der Waals surface area contributed by atoms with Crippen LogP contribution in [0.4, 0.5) is 0 Å². The lowest BCUT2D eigenvalue weighted by molar-refractivity contribution is -0.127. The van der Waals surface area contributed by atoms with Gasteiger partial charge in [0.05, 0.1) is 0 Å². The number of carbonyl (C=O) groups excluding carboxylic acids is 1. The number of carbonyl (C=O) groups is 1. The number of hydrogen-bond acceptors (Lipinski definition) is 3. The van der Waals surface area contributed by atoms with Gasteiger partial charge >= 0.3 is 0 Å². The summed E-state index contributed by atoms with van der Waals surface area (Å²) in [5, 5.41) is 0. The molecule has 3 aliphatic rings. The molecule has 0 aromatic rings. The number of ketones is 1. The van der Waals surface area contributed by atoms with Gasteiger partial charge in [0.25, 0.3) is 0 Å². The second-order valence-corrected chi connectivity index (χ2v) is 7.94. The fraction of sp³-hybridized carbons (Fsp3) is 0.929. The first-order chi connectivity index (χ1) is 8.16. The van der Waals surface area contributed by atoms with Gasteiger partial charge in [-0.05, 0) is 38.4 Å². The summed E-state index contributed by atoms with van der Waals surface area (Å²) in [4.78, 5) is 14.4. The van der Waals surface area contributed by atoms with Crippen LogP contribution >= 0.6 is 11.8 Å². The lowest BCUT2D eigenvalue weighted by atomic mass is 9.83. The van der Waals surface area contributed by atoms with Gasteiger partial charge in [-0.15, -0.1) is 0 Å². The monoisotopic (exact) mass is 253 g/mol. The second-order valence-electron chi connectivity index (χ2n) is 6.26. The van der Waals surface area contributed by atoms with Gasteiger partial charge in [-0.25, -0.2) is 0 Å². The summed E-state index contributed by atoms with van der Waals surface area (Å²) in [5.41, 5.74) is 0. The van der Waals surface area contributed by atoms with Crippen LogP contribution in [-0.4, -0.2) is 39.8 Å². The zero-order valence-corrected chi connectivity index (χ0v) is 11.6. The molecule has 2 bridgehead atoms. The standard InChI is InChI=1S/C14H23NOS/c1-14(6-3-7-17-14)10-15-11-4-2-5-12(15)9-13(16)8-11/h11-12H,2-10H2,1H3. The van der Waals surface area contributed by atoms with Crippen LogP contribution in [0.15, 0.2) is 0 Å². The van der Waals surface area contributed by atoms with Gasteiger partial charge in [-0.2, -0.15) is 11.8 Å². The van der Waals surface area contributed by atoms with E-state index in [4.69, 9.17) is 0 Å². The summed E-state index contributed by atoms with van der Waals surface area (Å²) in [6.07, 6.45) is 8.24. The van der Waals surface area contributed by atoms with Crippen molar-refractivity contribution < 1.29 is 4.79 Å². The molecule has 3 fully saturated rings. The molecule has 3 heterocycles. The number of piperidine rings is 2. The molecule has 2 nitrogen and oxygen atoms in total. The molecule has 3 saturated heterocycles. The van der Waals surface area contributed by atoms with Crippen molar-refractivity contribution >= 4 is 17.5 Å². The lowest BCUT2D eigenvalue weighted by Gasteiger charge is -2.48. The topological polar surface area (TPSA) is 20.3 Å². The Labute approximate surface area is 109 Å². The summed E-state index contributed by atoms with van der Waals surface area (Å²) in [6.45, 7) is 3.65. The van der Waals surface area contributed by atoms with E-state index in [1.807, 2.05) is 0 Å². The van der Waals surface area contributed by atoms with Crippen LogP contribution in [0.25, 0.3) is 0 Å². The Morgan fingerprint density at radius 3 is 2.59 bits per heavy atom. The van der Waals surface area contributed by atoms with E-state index in [1.54, 1.807) is 0 Å². The first kappa shape index (κ1) is 12.0. The molecular formula is C14H23NOS. The molecule has 3 rings (SSSR count). The Morgan fingerprint density at radius 2 is 2.00 bits per heavy atom. The molecule has 0 aromatic heterocycles. The second kappa shape index (κ2) is 4.58. The molecule has 3 aliphatic heterocycles. The van der Waals surface area contributed by atoms with Crippen molar-refractivity contribution in [1.82, 2.24) is 4.90 Å². The van der Waals surface area contributed by atoms with Crippen molar-refractivity contribution in [2.45, 2.75) is 68.7 Å². The smallest absolute Gasteiger partial charge is 0.136 e. The number of thioether (sulfide) groups is 1. The van der Waals surface area contributed by atoms with Crippen LogP contribution in [0, 0.1) is 0 Å². The Balaban J connectivity index is 1.71. The molecule has 0 saturated carbocycles. The molecule has 0 aliphatic carbocycles. The first-order valence-corrected chi connectivity index (χ1v) is 8.06. The minimum Gasteiger partial charge on any atom is -0.300 e. The summed E-state index contributed by atoms with van der Waals surface area (Å²) in [7, 11) is 0. The largest absolute Gasteiger partial charge is 0.300 e. The fourth-order valence-electron chi connectivity index (χ4n) is 3.87. The molecule has 0 radical (unpaired) electrons. The van der Waals surface area contributed by atoms with Gasteiger partial charge in [-0.1, -0.05) is 6.42 Å². The van der Waals surface area contributed by atoms with Gasteiger partial charge in [0.15, 0.2) is 0 Å². The van der Waals surface area contributed by atoms with Crippen LogP contribution in [0.2, 0.25) is 0 Å². The van der Waals surface area contributed by atoms with Crippen molar-refractivity contribution in [3.63, 3.8) is 0 Å². The predicted octanol–water partition coefficient (Wildman–Crippen LogP) is 2.86. The average molecular weight is 253 g/mol. The van der Waals surface area contributed by atoms with Gasteiger partial charge in [-0.3, -0.25) is 9.69 Å². The number of Topliss-reactive ketones (excluding diaryl/α,β-unsaturated/α-hetero) is 1. The van der Waals surface area contributed by atoms with Gasteiger partial charge in [0.1, 0.15) is 5.78 Å². The van der Waals surface area contributed by atoms with E-state index in [0.29, 0.717) is 22.6 Å². The molecule has 17 heavy (non-hydrogen) atoms. The van der Waals surface area contributed by atoms with E-state index in [0.717, 1.165) is 12.8 Å². The summed E-state index contributed by atoms with van der Waals surface area (Å²) in [5.74, 6) is 1.85. The van der Waals surface area contributed by atoms with E-state index in [1.165, 1.54) is 44.4 Å². The Hall–Kier alpha value is -0.0200. The maximum atomic E-state index is 11.7. The average Bonchev–Trinajstić information content (AvgIpc) is 2.67. The van der Waals surface area contributed by atoms with Crippen LogP contribution in [0.5, 0.6) is 0 Å². The Kier molecular flexibility index (Phi) is 3.24. The van der Waals surface area contributed by atoms with E-state index >= 15 is 0 Å². The van der Waals surface area contributed by atoms with Gasteiger partial charge in [0, 0.05) is 36.2 Å². The van der Waals surface area contributed by atoms with E-state index in [2.05, 4.69) is 23.6 Å². The lowest BCUT2D eigenvalue weighted by Crippen LogP contribution is -2.55. The zero-order valence-electron chi connectivity index (χ0n) is 10.8. The predicted molar refractivity (Wildman–Crippen MR) is 72.5 cm³/mol. The normalized spacial score (nSPS) is 43.0. The number of fused-ring (bicyclic) bond motifs is 2.